The Balaban J connectivity index is 2.18. The Morgan fingerprint density at radius 1 is 1.71 bits per heavy atom. The van der Waals surface area contributed by atoms with Crippen molar-refractivity contribution in [1.82, 2.24) is 5.32 Å². The van der Waals surface area contributed by atoms with Gasteiger partial charge in [-0.25, -0.2) is 0 Å². The van der Waals surface area contributed by atoms with Crippen LogP contribution in [0.5, 0.6) is 0 Å². The van der Waals surface area contributed by atoms with E-state index in [1.165, 1.54) is 7.11 Å². The maximum atomic E-state index is 11.2. The van der Waals surface area contributed by atoms with Gasteiger partial charge >= 0.3 is 5.97 Å². The molecule has 0 aliphatic heterocycles. The molecule has 0 heterocycles. The summed E-state index contributed by atoms with van der Waals surface area (Å²) in [6.07, 6.45) is 2.41. The van der Waals surface area contributed by atoms with Gasteiger partial charge in [-0.2, -0.15) is 0 Å². The number of hydrogen-bond donors (Lipinski definition) is 1. The minimum absolute atomic E-state index is 0.193. The van der Waals surface area contributed by atoms with Crippen molar-refractivity contribution >= 4 is 5.97 Å². The second-order valence-corrected chi connectivity index (χ2v) is 3.31. The average Bonchev–Trinajstić information content (AvgIpc) is 2.98. The molecule has 0 bridgehead atoms. The molecule has 0 aromatic carbocycles. The van der Waals surface area contributed by atoms with Crippen LogP contribution in [0.15, 0.2) is 5.11 Å². The van der Waals surface area contributed by atoms with Gasteiger partial charge in [0.1, 0.15) is 5.54 Å². The van der Waals surface area contributed by atoms with Crippen LogP contribution in [-0.2, 0) is 9.53 Å². The predicted molar refractivity (Wildman–Crippen MR) is 50.6 cm³/mol. The molecule has 6 nitrogen and oxygen atoms in total. The van der Waals surface area contributed by atoms with Gasteiger partial charge in [0.05, 0.1) is 7.11 Å². The quantitative estimate of drug-likeness (QED) is 0.227. The van der Waals surface area contributed by atoms with E-state index < -0.39 is 5.54 Å². The fraction of sp³-hybridized carbons (Fsp3) is 0.875. The molecule has 14 heavy (non-hydrogen) atoms. The average molecular weight is 198 g/mol. The molecule has 0 saturated heterocycles. The highest BCUT2D eigenvalue weighted by Crippen LogP contribution is 2.36. The normalized spacial score (nSPS) is 16.9. The van der Waals surface area contributed by atoms with Crippen LogP contribution < -0.4 is 5.32 Å². The summed E-state index contributed by atoms with van der Waals surface area (Å²) in [6, 6.07) is 0. The van der Waals surface area contributed by atoms with Gasteiger partial charge in [-0.15, -0.1) is 0 Å². The lowest BCUT2D eigenvalue weighted by molar-refractivity contribution is -0.144. The molecule has 0 aromatic rings. The van der Waals surface area contributed by atoms with Crippen molar-refractivity contribution in [2.24, 2.45) is 5.11 Å². The second kappa shape index (κ2) is 4.83. The molecule has 0 unspecified atom stereocenters. The van der Waals surface area contributed by atoms with Crippen molar-refractivity contribution in [2.45, 2.75) is 24.8 Å². The molecule has 0 atom stereocenters. The fourth-order valence-electron chi connectivity index (χ4n) is 1.30. The van der Waals surface area contributed by atoms with Crippen molar-refractivity contribution < 1.29 is 9.53 Å². The third-order valence-corrected chi connectivity index (χ3v) is 2.29. The van der Waals surface area contributed by atoms with Gasteiger partial charge in [0.15, 0.2) is 0 Å². The standard InChI is InChI=1S/C8H14N4O2/c1-14-7(13)8(3-4-8)10-5-2-6-11-12-9/h10H,2-6H2,1H3. The zero-order valence-electron chi connectivity index (χ0n) is 8.19. The lowest BCUT2D eigenvalue weighted by Gasteiger charge is -2.13. The molecule has 1 saturated carbocycles. The monoisotopic (exact) mass is 198 g/mol. The zero-order chi connectivity index (χ0) is 10.4. The molecule has 0 aromatic heterocycles. The maximum Gasteiger partial charge on any atom is 0.326 e. The van der Waals surface area contributed by atoms with Gasteiger partial charge in [0.25, 0.3) is 0 Å². The first kappa shape index (κ1) is 10.8. The van der Waals surface area contributed by atoms with Crippen LogP contribution in [0.1, 0.15) is 19.3 Å². The van der Waals surface area contributed by atoms with Crippen LogP contribution in [-0.4, -0.2) is 31.7 Å². The first-order valence-corrected chi connectivity index (χ1v) is 4.59. The van der Waals surface area contributed by atoms with Crippen LogP contribution in [0.4, 0.5) is 0 Å². The third kappa shape index (κ3) is 2.61. The summed E-state index contributed by atoms with van der Waals surface area (Å²) in [7, 11) is 1.39. The molecule has 0 radical (unpaired) electrons. The lowest BCUT2D eigenvalue weighted by atomic mass is 10.2. The minimum Gasteiger partial charge on any atom is -0.468 e. The van der Waals surface area contributed by atoms with E-state index in [1.807, 2.05) is 0 Å². The van der Waals surface area contributed by atoms with Gasteiger partial charge in [-0.3, -0.25) is 4.79 Å². The summed E-state index contributed by atoms with van der Waals surface area (Å²) in [5.74, 6) is -0.193. The Kier molecular flexibility index (Phi) is 3.73. The van der Waals surface area contributed by atoms with Crippen LogP contribution in [0.3, 0.4) is 0 Å². The van der Waals surface area contributed by atoms with E-state index in [9.17, 15) is 4.79 Å². The molecule has 1 aliphatic rings. The van der Waals surface area contributed by atoms with Crippen LogP contribution in [0, 0.1) is 0 Å². The Hall–Kier alpha value is -1.26. The van der Waals surface area contributed by atoms with E-state index in [4.69, 9.17) is 5.53 Å². The summed E-state index contributed by atoms with van der Waals surface area (Å²) < 4.78 is 4.67. The Morgan fingerprint density at radius 2 is 2.43 bits per heavy atom. The van der Waals surface area contributed by atoms with Gasteiger partial charge in [-0.1, -0.05) is 5.11 Å². The van der Waals surface area contributed by atoms with Crippen molar-refractivity contribution in [2.75, 3.05) is 20.2 Å². The molecule has 6 heteroatoms. The number of azide groups is 1. The highest BCUT2D eigenvalue weighted by Gasteiger charge is 2.50. The number of nitrogens with one attached hydrogen (secondary N) is 1. The number of methoxy groups -OCH3 is 1. The number of hydrogen-bond acceptors (Lipinski definition) is 4. The molecule has 1 fully saturated rings. The SMILES string of the molecule is COC(=O)C1(NCCCN=[N+]=[N-])CC1. The Morgan fingerprint density at radius 3 is 2.93 bits per heavy atom. The largest absolute Gasteiger partial charge is 0.468 e. The number of rotatable bonds is 6. The van der Waals surface area contributed by atoms with Crippen molar-refractivity contribution in [1.29, 1.82) is 0 Å². The number of ether oxygens (including phenoxy) is 1. The lowest BCUT2D eigenvalue weighted by Crippen LogP contribution is -2.40. The topological polar surface area (TPSA) is 87.1 Å². The zero-order valence-corrected chi connectivity index (χ0v) is 8.19. The summed E-state index contributed by atoms with van der Waals surface area (Å²) in [6.45, 7) is 1.13. The number of carbonyl (C=O) groups is 1. The number of nitrogens with zero attached hydrogens (tertiary/aromatic N) is 3. The van der Waals surface area contributed by atoms with Crippen molar-refractivity contribution in [3.8, 4) is 0 Å². The van der Waals surface area contributed by atoms with E-state index in [0.717, 1.165) is 19.3 Å². The summed E-state index contributed by atoms with van der Waals surface area (Å²) in [4.78, 5) is 13.9. The molecular formula is C8H14N4O2. The van der Waals surface area contributed by atoms with E-state index in [0.29, 0.717) is 13.1 Å². The van der Waals surface area contributed by atoms with Gasteiger partial charge in [0, 0.05) is 11.5 Å². The number of carbonyl (C=O) groups excluding carboxylic acids is 1. The third-order valence-electron chi connectivity index (χ3n) is 2.29. The van der Waals surface area contributed by atoms with E-state index >= 15 is 0 Å². The maximum absolute atomic E-state index is 11.2. The predicted octanol–water partition coefficient (Wildman–Crippen LogP) is 0.982. The van der Waals surface area contributed by atoms with Crippen LogP contribution in [0.25, 0.3) is 10.4 Å². The minimum atomic E-state index is -0.439. The molecule has 78 valence electrons. The Bertz CT molecular complexity index is 256. The molecule has 1 aliphatic carbocycles. The Labute approximate surface area is 82.2 Å². The van der Waals surface area contributed by atoms with E-state index in [1.54, 1.807) is 0 Å². The van der Waals surface area contributed by atoms with Crippen LogP contribution >= 0.6 is 0 Å². The summed E-state index contributed by atoms with van der Waals surface area (Å²) in [5.41, 5.74) is 7.59. The number of esters is 1. The van der Waals surface area contributed by atoms with E-state index in [-0.39, 0.29) is 5.97 Å². The van der Waals surface area contributed by atoms with Crippen LogP contribution in [0.2, 0.25) is 0 Å². The second-order valence-electron chi connectivity index (χ2n) is 3.31. The highest BCUT2D eigenvalue weighted by molar-refractivity contribution is 5.84. The molecule has 1 N–H and O–H groups in total. The molecule has 0 amide bonds. The molecule has 0 spiro atoms. The molecule has 1 rings (SSSR count). The highest BCUT2D eigenvalue weighted by atomic mass is 16.5. The summed E-state index contributed by atoms with van der Waals surface area (Å²) in [5, 5.41) is 6.52. The first-order chi connectivity index (χ1) is 6.75. The fourth-order valence-corrected chi connectivity index (χ4v) is 1.30. The van der Waals surface area contributed by atoms with E-state index in [2.05, 4.69) is 20.1 Å². The van der Waals surface area contributed by atoms with Gasteiger partial charge < -0.3 is 10.1 Å². The summed E-state index contributed by atoms with van der Waals surface area (Å²) >= 11 is 0. The van der Waals surface area contributed by atoms with Gasteiger partial charge in [0.2, 0.25) is 0 Å². The first-order valence-electron chi connectivity index (χ1n) is 4.59. The van der Waals surface area contributed by atoms with Gasteiger partial charge in [-0.05, 0) is 31.3 Å². The van der Waals surface area contributed by atoms with Crippen molar-refractivity contribution in [3.63, 3.8) is 0 Å². The van der Waals surface area contributed by atoms with Crippen molar-refractivity contribution in [3.05, 3.63) is 10.4 Å². The smallest absolute Gasteiger partial charge is 0.326 e. The molecular weight excluding hydrogens is 184 g/mol.